The van der Waals surface area contributed by atoms with Gasteiger partial charge >= 0.3 is 0 Å². The topological polar surface area (TPSA) is 58.9 Å². The molecule has 3 rings (SSSR count). The molecule has 2 aromatic rings. The molecule has 1 aliphatic rings. The van der Waals surface area contributed by atoms with Gasteiger partial charge in [-0.15, -0.1) is 0 Å². The zero-order valence-corrected chi connectivity index (χ0v) is 15.0. The first-order chi connectivity index (χ1) is 11.3. The van der Waals surface area contributed by atoms with Crippen molar-refractivity contribution in [2.24, 2.45) is 0 Å². The molecule has 4 nitrogen and oxygen atoms in total. The van der Waals surface area contributed by atoms with E-state index in [1.165, 1.54) is 12.1 Å². The minimum atomic E-state index is -0.0764. The molecule has 0 unspecified atom stereocenters. The molecule has 130 valence electrons. The summed E-state index contributed by atoms with van der Waals surface area (Å²) < 4.78 is 10.2. The monoisotopic (exact) mass is 322 g/mol. The predicted molar refractivity (Wildman–Crippen MR) is 96.4 cm³/mol. The number of ether oxygens (including phenoxy) is 2. The Labute approximate surface area is 140 Å². The molecule has 2 aromatic carbocycles. The van der Waals surface area contributed by atoms with Gasteiger partial charge in [-0.05, 0) is 24.3 Å². The van der Waals surface area contributed by atoms with Crippen LogP contribution in [0.5, 0.6) is 23.0 Å². The first kappa shape index (κ1) is 22.9. The summed E-state index contributed by atoms with van der Waals surface area (Å²) in [5, 5.41) is 17.3. The van der Waals surface area contributed by atoms with Crippen molar-refractivity contribution in [2.75, 3.05) is 6.79 Å². The number of fused-ring (bicyclic) bond motifs is 1. The van der Waals surface area contributed by atoms with Crippen molar-refractivity contribution in [3.8, 4) is 23.0 Å². The minimum Gasteiger partial charge on any atom is -0.504 e. The summed E-state index contributed by atoms with van der Waals surface area (Å²) in [5.41, 5.74) is 0. The quantitative estimate of drug-likeness (QED) is 0.621. The van der Waals surface area contributed by atoms with Crippen LogP contribution in [0.25, 0.3) is 0 Å². The van der Waals surface area contributed by atoms with E-state index in [0.29, 0.717) is 6.79 Å². The summed E-state index contributed by atoms with van der Waals surface area (Å²) in [7, 11) is 0. The van der Waals surface area contributed by atoms with Crippen LogP contribution in [0.15, 0.2) is 48.5 Å². The maximum Gasteiger partial charge on any atom is 0.231 e. The van der Waals surface area contributed by atoms with Crippen LogP contribution in [0.1, 0.15) is 41.5 Å². The van der Waals surface area contributed by atoms with Gasteiger partial charge in [0.15, 0.2) is 23.0 Å². The number of para-hydroxylation sites is 4. The lowest BCUT2D eigenvalue weighted by atomic mass is 10.3. The Morgan fingerprint density at radius 3 is 1.22 bits per heavy atom. The van der Waals surface area contributed by atoms with Crippen molar-refractivity contribution in [3.63, 3.8) is 0 Å². The highest BCUT2D eigenvalue weighted by molar-refractivity contribution is 5.40. The number of aromatic hydroxyl groups is 2. The molecule has 1 heterocycles. The van der Waals surface area contributed by atoms with E-state index in [2.05, 4.69) is 0 Å². The third-order valence-electron chi connectivity index (χ3n) is 2.16. The summed E-state index contributed by atoms with van der Waals surface area (Å²) >= 11 is 0. The molecule has 0 bridgehead atoms. The average Bonchev–Trinajstić information content (AvgIpc) is 3.12. The highest BCUT2D eigenvalue weighted by atomic mass is 16.7. The number of phenols is 2. The van der Waals surface area contributed by atoms with Crippen molar-refractivity contribution in [1.82, 2.24) is 0 Å². The number of phenolic OH excluding ortho intramolecular Hbond substituents is 2. The van der Waals surface area contributed by atoms with Crippen LogP contribution in [0.2, 0.25) is 0 Å². The third kappa shape index (κ3) is 9.30. The molecule has 0 atom stereocenters. The molecule has 0 saturated heterocycles. The highest BCUT2D eigenvalue weighted by Gasteiger charge is 2.09. The number of rotatable bonds is 0. The molecule has 0 aliphatic carbocycles. The van der Waals surface area contributed by atoms with Gasteiger partial charge in [-0.2, -0.15) is 0 Å². The standard InChI is InChI=1S/C7H6O2.C6H6O2.3C2H6/c1-2-4-7-6(3-1)8-5-9-7;7-5-3-1-2-4-6(5)8;3*1-2/h1-4H,5H2;1-4,7-8H;3*1-2H3. The van der Waals surface area contributed by atoms with E-state index in [4.69, 9.17) is 19.7 Å². The van der Waals surface area contributed by atoms with Gasteiger partial charge in [0, 0.05) is 0 Å². The Balaban J connectivity index is 0. The van der Waals surface area contributed by atoms with Crippen molar-refractivity contribution in [3.05, 3.63) is 48.5 Å². The van der Waals surface area contributed by atoms with E-state index < -0.39 is 0 Å². The second kappa shape index (κ2) is 16.0. The van der Waals surface area contributed by atoms with Crippen LogP contribution in [0.4, 0.5) is 0 Å². The molecule has 23 heavy (non-hydrogen) atoms. The molecule has 0 radical (unpaired) electrons. The fraction of sp³-hybridized carbons (Fsp3) is 0.368. The summed E-state index contributed by atoms with van der Waals surface area (Å²) in [4.78, 5) is 0. The van der Waals surface area contributed by atoms with Gasteiger partial charge < -0.3 is 19.7 Å². The zero-order valence-electron chi connectivity index (χ0n) is 15.0. The van der Waals surface area contributed by atoms with Crippen LogP contribution in [-0.2, 0) is 0 Å². The first-order valence-corrected chi connectivity index (χ1v) is 8.09. The van der Waals surface area contributed by atoms with Crippen LogP contribution in [-0.4, -0.2) is 17.0 Å². The van der Waals surface area contributed by atoms with Crippen molar-refractivity contribution in [2.45, 2.75) is 41.5 Å². The third-order valence-corrected chi connectivity index (χ3v) is 2.16. The number of benzene rings is 2. The highest BCUT2D eigenvalue weighted by Crippen LogP contribution is 2.30. The first-order valence-electron chi connectivity index (χ1n) is 8.09. The Morgan fingerprint density at radius 2 is 0.913 bits per heavy atom. The van der Waals surface area contributed by atoms with Gasteiger partial charge in [-0.1, -0.05) is 65.8 Å². The lowest BCUT2D eigenvalue weighted by Gasteiger charge is -1.91. The molecular formula is C19H30O4. The van der Waals surface area contributed by atoms with Gasteiger partial charge in [0.05, 0.1) is 0 Å². The number of hydrogen-bond acceptors (Lipinski definition) is 4. The molecule has 1 aliphatic heterocycles. The lowest BCUT2D eigenvalue weighted by Crippen LogP contribution is -1.92. The minimum absolute atomic E-state index is 0.0764. The van der Waals surface area contributed by atoms with E-state index in [9.17, 15) is 0 Å². The predicted octanol–water partition coefficient (Wildman–Crippen LogP) is 5.59. The van der Waals surface area contributed by atoms with Crippen molar-refractivity contribution in [1.29, 1.82) is 0 Å². The van der Waals surface area contributed by atoms with Gasteiger partial charge in [0.1, 0.15) is 0 Å². The van der Waals surface area contributed by atoms with E-state index in [1.54, 1.807) is 12.1 Å². The van der Waals surface area contributed by atoms with Gasteiger partial charge in [-0.3, -0.25) is 0 Å². The average molecular weight is 322 g/mol. The largest absolute Gasteiger partial charge is 0.504 e. The molecular weight excluding hydrogens is 292 g/mol. The van der Waals surface area contributed by atoms with Gasteiger partial charge in [0.2, 0.25) is 6.79 Å². The van der Waals surface area contributed by atoms with Crippen LogP contribution in [0, 0.1) is 0 Å². The second-order valence-electron chi connectivity index (χ2n) is 3.34. The molecule has 4 heteroatoms. The molecule has 0 fully saturated rings. The summed E-state index contributed by atoms with van der Waals surface area (Å²) in [6.07, 6.45) is 0. The smallest absolute Gasteiger partial charge is 0.231 e. The molecule has 0 spiro atoms. The Hall–Kier alpha value is -2.36. The zero-order chi connectivity index (χ0) is 18.1. The lowest BCUT2D eigenvalue weighted by molar-refractivity contribution is 0.174. The molecule has 0 amide bonds. The molecule has 0 aromatic heterocycles. The second-order valence-corrected chi connectivity index (χ2v) is 3.34. The van der Waals surface area contributed by atoms with Crippen LogP contribution >= 0.6 is 0 Å². The Kier molecular flexibility index (Phi) is 16.0. The molecule has 0 saturated carbocycles. The fourth-order valence-corrected chi connectivity index (χ4v) is 1.31. The normalized spacial score (nSPS) is 9.30. The Bertz CT molecular complexity index is 454. The maximum atomic E-state index is 8.67. The van der Waals surface area contributed by atoms with Crippen LogP contribution in [0.3, 0.4) is 0 Å². The molecule has 2 N–H and O–H groups in total. The van der Waals surface area contributed by atoms with Gasteiger partial charge in [-0.25, -0.2) is 0 Å². The Morgan fingerprint density at radius 1 is 0.609 bits per heavy atom. The summed E-state index contributed by atoms with van der Waals surface area (Å²) in [5.74, 6) is 1.54. The number of hydrogen-bond donors (Lipinski definition) is 2. The van der Waals surface area contributed by atoms with E-state index in [1.807, 2.05) is 65.8 Å². The summed E-state index contributed by atoms with van der Waals surface area (Å²) in [6.45, 7) is 12.4. The summed E-state index contributed by atoms with van der Waals surface area (Å²) in [6, 6.07) is 13.8. The SMILES string of the molecule is CC.CC.CC.Oc1ccccc1O.c1ccc2c(c1)OCO2. The fourth-order valence-electron chi connectivity index (χ4n) is 1.31. The van der Waals surface area contributed by atoms with E-state index in [-0.39, 0.29) is 11.5 Å². The maximum absolute atomic E-state index is 8.67. The van der Waals surface area contributed by atoms with Gasteiger partial charge in [0.25, 0.3) is 0 Å². The van der Waals surface area contributed by atoms with E-state index >= 15 is 0 Å². The van der Waals surface area contributed by atoms with Crippen molar-refractivity contribution >= 4 is 0 Å². The van der Waals surface area contributed by atoms with E-state index in [0.717, 1.165) is 11.5 Å². The van der Waals surface area contributed by atoms with Crippen molar-refractivity contribution < 1.29 is 19.7 Å². The van der Waals surface area contributed by atoms with Crippen LogP contribution < -0.4 is 9.47 Å².